The molecule has 2 nitrogen and oxygen atoms in total. The molecule has 2 heteroatoms. The van der Waals surface area contributed by atoms with Crippen LogP contribution in [0.15, 0.2) is 218 Å². The predicted octanol–water partition coefficient (Wildman–Crippen LogP) is 17.5. The van der Waals surface area contributed by atoms with Gasteiger partial charge in [0.15, 0.2) is 0 Å². The van der Waals surface area contributed by atoms with Gasteiger partial charge in [0, 0.05) is 46.0 Å². The van der Waals surface area contributed by atoms with Gasteiger partial charge in [0.25, 0.3) is 0 Å². The first-order chi connectivity index (χ1) is 33.0. The van der Waals surface area contributed by atoms with Crippen LogP contribution < -0.4 is 9.80 Å². The van der Waals surface area contributed by atoms with Crippen LogP contribution in [0.3, 0.4) is 0 Å². The zero-order chi connectivity index (χ0) is 44.4. The smallest absolute Gasteiger partial charge is 0.0497 e. The molecular weight excluding hydrogens is 809 g/mol. The van der Waals surface area contributed by atoms with E-state index < -0.39 is 0 Å². The third-order valence-electron chi connectivity index (χ3n) is 15.5. The normalized spacial score (nSPS) is 15.3. The van der Waals surface area contributed by atoms with Crippen molar-refractivity contribution in [1.29, 1.82) is 0 Å². The minimum Gasteiger partial charge on any atom is -0.310 e. The Labute approximate surface area is 392 Å². The fourth-order valence-electron chi connectivity index (χ4n) is 12.5. The molecule has 14 rings (SSSR count). The Bertz CT molecular complexity index is 3760. The highest BCUT2D eigenvalue weighted by molar-refractivity contribution is 6.25. The Morgan fingerprint density at radius 2 is 0.940 bits per heavy atom. The summed E-state index contributed by atoms with van der Waals surface area (Å²) < 4.78 is 0. The SMILES string of the molecule is CC1(C)c2ccccc2-c2c(-c3c4cc(N5C6=C(CCC=C6)Cc6ccccc65)ccc4c(-c4cccc5ccccc45)c4cc(N5c6ccccc6Cc6ccccc65)ccc34)cccc21. The van der Waals surface area contributed by atoms with E-state index in [1.807, 2.05) is 0 Å². The van der Waals surface area contributed by atoms with Gasteiger partial charge in [0.1, 0.15) is 0 Å². The maximum absolute atomic E-state index is 2.55. The second-order valence-corrected chi connectivity index (χ2v) is 19.5. The largest absolute Gasteiger partial charge is 0.310 e. The molecule has 2 heterocycles. The highest BCUT2D eigenvalue weighted by Crippen LogP contribution is 2.56. The summed E-state index contributed by atoms with van der Waals surface area (Å²) in [7, 11) is 0. The Morgan fingerprint density at radius 1 is 0.403 bits per heavy atom. The third-order valence-corrected chi connectivity index (χ3v) is 15.5. The topological polar surface area (TPSA) is 6.48 Å². The standard InChI is InChI=1S/C65H48N2/c1-65(2)56-27-10-9-24-52(56)64-53(26-16-28-57(64)65)63-51-36-34-46(66-58-29-11-4-18-42(58)37-43-19-5-12-30-59(43)66)39-54(51)62(49-25-15-22-41-17-3-8-23-48(41)49)50-35-33-47(40-55(50)63)67-60-31-13-6-20-44(60)38-45-21-7-14-32-61(45)67/h3-6,8-20,22-36,39-40H,7,21,37-38H2,1-2H3. The van der Waals surface area contributed by atoms with Crippen molar-refractivity contribution in [2.45, 2.75) is 44.9 Å². The molecule has 318 valence electrons. The molecular formula is C65H48N2. The van der Waals surface area contributed by atoms with Crippen LogP contribution in [-0.2, 0) is 18.3 Å². The summed E-state index contributed by atoms with van der Waals surface area (Å²) >= 11 is 0. The van der Waals surface area contributed by atoms with E-state index >= 15 is 0 Å². The highest BCUT2D eigenvalue weighted by Gasteiger charge is 2.38. The summed E-state index contributed by atoms with van der Waals surface area (Å²) in [6, 6.07) is 73.7. The minimum absolute atomic E-state index is 0.141. The molecule has 0 atom stereocenters. The molecule has 0 saturated carbocycles. The molecule has 0 fully saturated rings. The van der Waals surface area contributed by atoms with Crippen molar-refractivity contribution in [2.75, 3.05) is 9.80 Å². The monoisotopic (exact) mass is 856 g/mol. The van der Waals surface area contributed by atoms with E-state index in [4.69, 9.17) is 0 Å². The number of fused-ring (bicyclic) bond motifs is 9. The van der Waals surface area contributed by atoms with E-state index in [9.17, 15) is 0 Å². The van der Waals surface area contributed by atoms with E-state index in [2.05, 4.69) is 230 Å². The zero-order valence-electron chi connectivity index (χ0n) is 37.9. The van der Waals surface area contributed by atoms with Crippen LogP contribution in [0.25, 0.3) is 65.7 Å². The Kier molecular flexibility index (Phi) is 8.31. The molecule has 10 aromatic rings. The first kappa shape index (κ1) is 38.3. The number of benzene rings is 10. The van der Waals surface area contributed by atoms with Gasteiger partial charge >= 0.3 is 0 Å². The second kappa shape index (κ2) is 14.5. The van der Waals surface area contributed by atoms with Gasteiger partial charge in [-0.25, -0.2) is 0 Å². The highest BCUT2D eigenvalue weighted by atomic mass is 15.2. The first-order valence-electron chi connectivity index (χ1n) is 24.0. The summed E-state index contributed by atoms with van der Waals surface area (Å²) in [4.78, 5) is 5.06. The number of hydrogen-bond acceptors (Lipinski definition) is 2. The second-order valence-electron chi connectivity index (χ2n) is 19.5. The van der Waals surface area contributed by atoms with Crippen LogP contribution >= 0.6 is 0 Å². The van der Waals surface area contributed by atoms with Gasteiger partial charge in [-0.2, -0.15) is 0 Å². The molecule has 0 aromatic heterocycles. The quantitative estimate of drug-likeness (QED) is 0.163. The van der Waals surface area contributed by atoms with E-state index in [-0.39, 0.29) is 5.41 Å². The van der Waals surface area contributed by atoms with Crippen molar-refractivity contribution < 1.29 is 0 Å². The number of anilines is 5. The average Bonchev–Trinajstić information content (AvgIpc) is 3.61. The molecule has 0 saturated heterocycles. The fraction of sp³-hybridized carbons (Fsp3) is 0.108. The van der Waals surface area contributed by atoms with Crippen LogP contribution in [0.4, 0.5) is 28.4 Å². The summed E-state index contributed by atoms with van der Waals surface area (Å²) in [6.45, 7) is 4.80. The maximum atomic E-state index is 2.55. The molecule has 0 N–H and O–H groups in total. The van der Waals surface area contributed by atoms with Gasteiger partial charge in [-0.3, -0.25) is 0 Å². The lowest BCUT2D eigenvalue weighted by Crippen LogP contribution is -2.24. The lowest BCUT2D eigenvalue weighted by Gasteiger charge is -2.36. The van der Waals surface area contributed by atoms with Crippen molar-refractivity contribution in [3.63, 3.8) is 0 Å². The minimum atomic E-state index is -0.141. The van der Waals surface area contributed by atoms with Gasteiger partial charge in [-0.15, -0.1) is 0 Å². The predicted molar refractivity (Wildman–Crippen MR) is 283 cm³/mol. The van der Waals surface area contributed by atoms with Crippen LogP contribution in [0, 0.1) is 0 Å². The molecule has 10 aromatic carbocycles. The van der Waals surface area contributed by atoms with Crippen molar-refractivity contribution in [1.82, 2.24) is 0 Å². The molecule has 0 bridgehead atoms. The van der Waals surface area contributed by atoms with Crippen LogP contribution in [0.2, 0.25) is 0 Å². The zero-order valence-corrected chi connectivity index (χ0v) is 37.9. The third kappa shape index (κ3) is 5.63. The van der Waals surface area contributed by atoms with Crippen molar-refractivity contribution in [3.05, 3.63) is 245 Å². The van der Waals surface area contributed by atoms with Gasteiger partial charge in [0.05, 0.1) is 0 Å². The van der Waals surface area contributed by atoms with E-state index in [1.165, 1.54) is 128 Å². The number of rotatable bonds is 4. The average molecular weight is 857 g/mol. The maximum Gasteiger partial charge on any atom is 0.0497 e. The lowest BCUT2D eigenvalue weighted by atomic mass is 9.80. The molecule has 4 aliphatic rings. The van der Waals surface area contributed by atoms with E-state index in [1.54, 1.807) is 0 Å². The molecule has 2 aliphatic heterocycles. The van der Waals surface area contributed by atoms with Crippen LogP contribution in [0.5, 0.6) is 0 Å². The van der Waals surface area contributed by atoms with E-state index in [0.29, 0.717) is 0 Å². The van der Waals surface area contributed by atoms with Crippen molar-refractivity contribution >= 4 is 60.8 Å². The van der Waals surface area contributed by atoms with E-state index in [0.717, 1.165) is 31.4 Å². The van der Waals surface area contributed by atoms with Gasteiger partial charge in [-0.05, 0) is 167 Å². The Balaban J connectivity index is 1.14. The molecule has 0 radical (unpaired) electrons. The molecule has 0 spiro atoms. The number of nitrogens with zero attached hydrogens (tertiary/aromatic N) is 2. The molecule has 2 aliphatic carbocycles. The van der Waals surface area contributed by atoms with Crippen LogP contribution in [-0.4, -0.2) is 0 Å². The van der Waals surface area contributed by atoms with Crippen molar-refractivity contribution in [2.24, 2.45) is 0 Å². The molecule has 67 heavy (non-hydrogen) atoms. The number of allylic oxidation sites excluding steroid dienone is 3. The van der Waals surface area contributed by atoms with Crippen LogP contribution in [0.1, 0.15) is 54.5 Å². The molecule has 0 unspecified atom stereocenters. The Hall–Kier alpha value is -7.94. The van der Waals surface area contributed by atoms with Crippen molar-refractivity contribution in [3.8, 4) is 33.4 Å². The van der Waals surface area contributed by atoms with Gasteiger partial charge < -0.3 is 9.80 Å². The van der Waals surface area contributed by atoms with Gasteiger partial charge in [-0.1, -0.05) is 172 Å². The number of hydrogen-bond donors (Lipinski definition) is 0. The molecule has 0 amide bonds. The van der Waals surface area contributed by atoms with Gasteiger partial charge in [0.2, 0.25) is 0 Å². The Morgan fingerprint density at radius 3 is 1.69 bits per heavy atom. The number of para-hydroxylation sites is 3. The summed E-state index contributed by atoms with van der Waals surface area (Å²) in [5.74, 6) is 0. The fourth-order valence-corrected chi connectivity index (χ4v) is 12.5. The lowest BCUT2D eigenvalue weighted by molar-refractivity contribution is 0.660. The summed E-state index contributed by atoms with van der Waals surface area (Å²) in [5, 5.41) is 7.51. The first-order valence-corrected chi connectivity index (χ1v) is 24.0. The summed E-state index contributed by atoms with van der Waals surface area (Å²) in [5.41, 5.74) is 23.4. The summed E-state index contributed by atoms with van der Waals surface area (Å²) in [6.07, 6.45) is 8.84.